The third kappa shape index (κ3) is 4.01. The molecule has 0 radical (unpaired) electrons. The van der Waals surface area contributed by atoms with Gasteiger partial charge in [-0.3, -0.25) is 0 Å². The van der Waals surface area contributed by atoms with Crippen LogP contribution in [0.25, 0.3) is 0 Å². The Kier molecular flexibility index (Phi) is 4.51. The normalized spacial score (nSPS) is 23.4. The number of hydrogen-bond donors (Lipinski definition) is 1. The van der Waals surface area contributed by atoms with E-state index < -0.39 is 0 Å². The summed E-state index contributed by atoms with van der Waals surface area (Å²) >= 11 is 0. The van der Waals surface area contributed by atoms with Crippen molar-refractivity contribution in [1.29, 1.82) is 0 Å². The lowest BCUT2D eigenvalue weighted by atomic mass is 9.89. The van der Waals surface area contributed by atoms with Gasteiger partial charge in [0.1, 0.15) is 6.10 Å². The van der Waals surface area contributed by atoms with Crippen LogP contribution in [0.15, 0.2) is 12.1 Å². The zero-order chi connectivity index (χ0) is 13.8. The van der Waals surface area contributed by atoms with Crippen LogP contribution < -0.4 is 15.2 Å². The van der Waals surface area contributed by atoms with E-state index in [1.54, 1.807) is 6.07 Å². The smallest absolute Gasteiger partial charge is 0.240 e. The molecular weight excluding hydrogens is 240 g/mol. The first kappa shape index (κ1) is 14.0. The molecule has 0 saturated heterocycles. The average molecular weight is 264 g/mol. The summed E-state index contributed by atoms with van der Waals surface area (Å²) in [5.41, 5.74) is 6.40. The maximum atomic E-state index is 5.93. The van der Waals surface area contributed by atoms with E-state index in [9.17, 15) is 0 Å². The summed E-state index contributed by atoms with van der Waals surface area (Å²) in [5, 5.41) is 0. The summed E-state index contributed by atoms with van der Waals surface area (Å²) in [5.74, 6) is 1.90. The van der Waals surface area contributed by atoms with Gasteiger partial charge in [0.15, 0.2) is 0 Å². The van der Waals surface area contributed by atoms with E-state index in [0.29, 0.717) is 17.4 Å². The Bertz CT molecular complexity index is 413. The van der Waals surface area contributed by atoms with Gasteiger partial charge in [-0.15, -0.1) is 0 Å². The fourth-order valence-electron chi connectivity index (χ4n) is 2.34. The van der Waals surface area contributed by atoms with Crippen molar-refractivity contribution in [1.82, 2.24) is 4.98 Å². The highest BCUT2D eigenvalue weighted by molar-refractivity contribution is 5.49. The number of nitrogens with two attached hydrogens (primary N) is 1. The second-order valence-electron chi connectivity index (χ2n) is 5.71. The summed E-state index contributed by atoms with van der Waals surface area (Å²) in [6.45, 7) is 6.21. The van der Waals surface area contributed by atoms with Crippen molar-refractivity contribution in [3.05, 3.63) is 12.1 Å². The minimum atomic E-state index is 0.0561. The highest BCUT2D eigenvalue weighted by Crippen LogP contribution is 2.28. The first-order chi connectivity index (χ1) is 9.04. The molecule has 0 unspecified atom stereocenters. The van der Waals surface area contributed by atoms with Crippen LogP contribution in [0.3, 0.4) is 0 Å². The lowest BCUT2D eigenvalue weighted by Crippen LogP contribution is -2.23. The minimum absolute atomic E-state index is 0.0561. The van der Waals surface area contributed by atoms with Crippen molar-refractivity contribution >= 4 is 5.69 Å². The lowest BCUT2D eigenvalue weighted by Gasteiger charge is -2.26. The van der Waals surface area contributed by atoms with E-state index in [1.807, 2.05) is 19.9 Å². The Balaban J connectivity index is 2.00. The summed E-state index contributed by atoms with van der Waals surface area (Å²) in [6, 6.07) is 3.62. The molecule has 1 aromatic heterocycles. The van der Waals surface area contributed by atoms with Crippen molar-refractivity contribution in [2.75, 3.05) is 5.73 Å². The van der Waals surface area contributed by atoms with Gasteiger partial charge in [-0.25, -0.2) is 0 Å². The molecule has 0 bridgehead atoms. The summed E-state index contributed by atoms with van der Waals surface area (Å²) in [7, 11) is 0. The largest absolute Gasteiger partial charge is 0.474 e. The lowest BCUT2D eigenvalue weighted by molar-refractivity contribution is 0.128. The van der Waals surface area contributed by atoms with Crippen LogP contribution >= 0.6 is 0 Å². The number of aromatic nitrogens is 1. The first-order valence-electron chi connectivity index (χ1n) is 7.14. The van der Waals surface area contributed by atoms with Crippen LogP contribution in [-0.2, 0) is 0 Å². The number of nitrogen functional groups attached to an aromatic ring is 1. The van der Waals surface area contributed by atoms with Crippen molar-refractivity contribution in [3.63, 3.8) is 0 Å². The molecule has 0 amide bonds. The third-order valence-corrected chi connectivity index (χ3v) is 3.46. The molecule has 2 N–H and O–H groups in total. The molecule has 1 fully saturated rings. The Morgan fingerprint density at radius 1 is 1.21 bits per heavy atom. The van der Waals surface area contributed by atoms with Crippen LogP contribution in [0.2, 0.25) is 0 Å². The Morgan fingerprint density at radius 3 is 2.53 bits per heavy atom. The van der Waals surface area contributed by atoms with Crippen LogP contribution in [0, 0.1) is 5.92 Å². The van der Waals surface area contributed by atoms with E-state index >= 15 is 0 Å². The summed E-state index contributed by atoms with van der Waals surface area (Å²) in [6.07, 6.45) is 5.00. The van der Waals surface area contributed by atoms with E-state index in [2.05, 4.69) is 11.9 Å². The first-order valence-corrected chi connectivity index (χ1v) is 7.14. The van der Waals surface area contributed by atoms with E-state index in [0.717, 1.165) is 18.8 Å². The van der Waals surface area contributed by atoms with E-state index in [4.69, 9.17) is 15.2 Å². The second-order valence-corrected chi connectivity index (χ2v) is 5.71. The molecule has 19 heavy (non-hydrogen) atoms. The van der Waals surface area contributed by atoms with Gasteiger partial charge in [-0.2, -0.15) is 4.98 Å². The molecule has 2 rings (SSSR count). The molecule has 0 aliphatic heterocycles. The van der Waals surface area contributed by atoms with Crippen molar-refractivity contribution < 1.29 is 9.47 Å². The predicted molar refractivity (Wildman–Crippen MR) is 76.5 cm³/mol. The molecule has 4 nitrogen and oxygen atoms in total. The molecule has 0 atom stereocenters. The monoisotopic (exact) mass is 264 g/mol. The number of ether oxygens (including phenoxy) is 2. The zero-order valence-corrected chi connectivity index (χ0v) is 12.1. The summed E-state index contributed by atoms with van der Waals surface area (Å²) < 4.78 is 11.5. The van der Waals surface area contributed by atoms with Gasteiger partial charge in [-0.05, 0) is 51.5 Å². The predicted octanol–water partition coefficient (Wildman–Crippen LogP) is 3.41. The van der Waals surface area contributed by atoms with Crippen molar-refractivity contribution in [2.24, 2.45) is 5.92 Å². The number of rotatable bonds is 4. The summed E-state index contributed by atoms with van der Waals surface area (Å²) in [4.78, 5) is 4.36. The molecule has 1 aliphatic carbocycles. The van der Waals surface area contributed by atoms with Gasteiger partial charge in [0.2, 0.25) is 11.8 Å². The van der Waals surface area contributed by atoms with Crippen LogP contribution in [0.4, 0.5) is 5.69 Å². The molecule has 0 spiro atoms. The van der Waals surface area contributed by atoms with Gasteiger partial charge < -0.3 is 15.2 Å². The maximum absolute atomic E-state index is 5.93. The Labute approximate surface area is 115 Å². The van der Waals surface area contributed by atoms with Gasteiger partial charge in [0.25, 0.3) is 0 Å². The van der Waals surface area contributed by atoms with Gasteiger partial charge in [0.05, 0.1) is 11.8 Å². The van der Waals surface area contributed by atoms with Crippen molar-refractivity contribution in [3.8, 4) is 11.8 Å². The molecule has 0 aromatic carbocycles. The molecule has 106 valence electrons. The third-order valence-electron chi connectivity index (χ3n) is 3.46. The number of pyridine rings is 1. The van der Waals surface area contributed by atoms with E-state index in [-0.39, 0.29) is 12.2 Å². The van der Waals surface area contributed by atoms with Crippen LogP contribution in [-0.4, -0.2) is 17.2 Å². The number of nitrogens with zero attached hydrogens (tertiary/aromatic N) is 1. The average Bonchev–Trinajstić information content (AvgIpc) is 2.36. The minimum Gasteiger partial charge on any atom is -0.474 e. The standard InChI is InChI=1S/C15H24N2O2/c1-10(2)18-15-13(16)8-9-14(17-15)19-12-6-4-11(3)5-7-12/h8-12H,4-7,16H2,1-3H3. The number of anilines is 1. The molecule has 1 heterocycles. The highest BCUT2D eigenvalue weighted by atomic mass is 16.5. The van der Waals surface area contributed by atoms with E-state index in [1.165, 1.54) is 12.8 Å². The Hall–Kier alpha value is -1.45. The van der Waals surface area contributed by atoms with Crippen LogP contribution in [0.5, 0.6) is 11.8 Å². The molecule has 1 saturated carbocycles. The van der Waals surface area contributed by atoms with Gasteiger partial charge >= 0.3 is 0 Å². The second kappa shape index (κ2) is 6.13. The van der Waals surface area contributed by atoms with Gasteiger partial charge in [0, 0.05) is 6.07 Å². The van der Waals surface area contributed by atoms with Gasteiger partial charge in [-0.1, -0.05) is 6.92 Å². The molecule has 1 aliphatic rings. The fraction of sp³-hybridized carbons (Fsp3) is 0.667. The Morgan fingerprint density at radius 2 is 1.89 bits per heavy atom. The zero-order valence-electron chi connectivity index (χ0n) is 12.1. The molecular formula is C15H24N2O2. The quantitative estimate of drug-likeness (QED) is 0.905. The molecule has 1 aromatic rings. The maximum Gasteiger partial charge on any atom is 0.240 e. The van der Waals surface area contributed by atoms with Crippen molar-refractivity contribution in [2.45, 2.75) is 58.7 Å². The fourth-order valence-corrected chi connectivity index (χ4v) is 2.34. The highest BCUT2D eigenvalue weighted by Gasteiger charge is 2.20. The SMILES string of the molecule is CC1CCC(Oc2ccc(N)c(OC(C)C)n2)CC1. The van der Waals surface area contributed by atoms with Crippen LogP contribution in [0.1, 0.15) is 46.5 Å². The topological polar surface area (TPSA) is 57.4 Å². The molecule has 4 heteroatoms. The number of hydrogen-bond acceptors (Lipinski definition) is 4.